The zero-order valence-corrected chi connectivity index (χ0v) is 17.1. The first-order valence-corrected chi connectivity index (χ1v) is 10.4. The normalized spacial score (nSPS) is 16.6. The second-order valence-electron chi connectivity index (χ2n) is 7.77. The number of carbonyl (C=O) groups is 1. The Balaban J connectivity index is 1.38. The molecule has 0 bridgehead atoms. The minimum Gasteiger partial charge on any atom is -0.454 e. The molecule has 0 saturated heterocycles. The molecule has 2 aliphatic rings. The molecular weight excluding hydrogens is 404 g/mol. The molecule has 4 aromatic rings. The second-order valence-corrected chi connectivity index (χ2v) is 7.77. The molecule has 1 atom stereocenters. The fourth-order valence-corrected chi connectivity index (χ4v) is 4.15. The van der Waals surface area contributed by atoms with Gasteiger partial charge in [-0.2, -0.15) is 5.10 Å². The predicted octanol–water partition coefficient (Wildman–Crippen LogP) is 4.37. The number of carbonyl (C=O) groups excluding carboxylic acids is 1. The summed E-state index contributed by atoms with van der Waals surface area (Å²) < 4.78 is 12.8. The molecule has 158 valence electrons. The molecule has 32 heavy (non-hydrogen) atoms. The first-order valence-electron chi connectivity index (χ1n) is 10.4. The molecule has 3 aromatic carbocycles. The molecule has 0 aliphatic carbocycles. The Morgan fingerprint density at radius 1 is 0.969 bits per heavy atom. The van der Waals surface area contributed by atoms with Crippen molar-refractivity contribution in [3.05, 3.63) is 102 Å². The highest BCUT2D eigenvalue weighted by atomic mass is 16.7. The Kier molecular flexibility index (Phi) is 4.31. The summed E-state index contributed by atoms with van der Waals surface area (Å²) in [6.45, 7) is 0.635. The molecule has 1 amide bonds. The summed E-state index contributed by atoms with van der Waals surface area (Å²) in [5, 5.41) is 8.06. The first kappa shape index (κ1) is 18.5. The van der Waals surface area contributed by atoms with E-state index >= 15 is 0 Å². The van der Waals surface area contributed by atoms with Crippen molar-refractivity contribution in [2.24, 2.45) is 0 Å². The van der Waals surface area contributed by atoms with E-state index in [2.05, 4.69) is 10.4 Å². The maximum atomic E-state index is 13.5. The molecule has 7 heteroatoms. The zero-order chi connectivity index (χ0) is 21.5. The van der Waals surface area contributed by atoms with Gasteiger partial charge in [0.1, 0.15) is 6.17 Å². The van der Waals surface area contributed by atoms with Gasteiger partial charge in [-0.1, -0.05) is 36.4 Å². The number of nitrogens with zero attached hydrogens (tertiary/aromatic N) is 3. The minimum atomic E-state index is -0.361. The molecule has 7 nitrogen and oxygen atoms in total. The molecule has 0 unspecified atom stereocenters. The summed E-state index contributed by atoms with van der Waals surface area (Å²) in [7, 11) is 0. The highest BCUT2D eigenvalue weighted by Crippen LogP contribution is 2.37. The number of anilines is 1. The van der Waals surface area contributed by atoms with Crippen molar-refractivity contribution in [3.63, 3.8) is 0 Å². The molecule has 2 aliphatic heterocycles. The van der Waals surface area contributed by atoms with Gasteiger partial charge < -0.3 is 19.7 Å². The maximum Gasteiger partial charge on any atom is 0.258 e. The molecule has 3 heterocycles. The number of hydrogen-bond acceptors (Lipinski definition) is 5. The van der Waals surface area contributed by atoms with Gasteiger partial charge in [-0.15, -0.1) is 0 Å². The number of rotatable bonds is 4. The summed E-state index contributed by atoms with van der Waals surface area (Å²) in [5.74, 6) is 1.39. The first-order chi connectivity index (χ1) is 15.8. The van der Waals surface area contributed by atoms with E-state index in [1.54, 1.807) is 6.20 Å². The molecule has 6 rings (SSSR count). The maximum absolute atomic E-state index is 13.5. The predicted molar refractivity (Wildman–Crippen MR) is 119 cm³/mol. The van der Waals surface area contributed by atoms with Crippen molar-refractivity contribution in [2.45, 2.75) is 12.7 Å². The number of hydrogen-bond donors (Lipinski definition) is 1. The van der Waals surface area contributed by atoms with E-state index in [1.165, 1.54) is 0 Å². The van der Waals surface area contributed by atoms with Crippen LogP contribution in [0, 0.1) is 0 Å². The van der Waals surface area contributed by atoms with Crippen LogP contribution in [0.2, 0.25) is 0 Å². The van der Waals surface area contributed by atoms with Gasteiger partial charge in [0.05, 0.1) is 17.4 Å². The number of para-hydroxylation sites is 2. The fraction of sp³-hybridized carbons (Fsp3) is 0.120. The van der Waals surface area contributed by atoms with Crippen molar-refractivity contribution in [1.82, 2.24) is 14.7 Å². The van der Waals surface area contributed by atoms with Gasteiger partial charge in [0.2, 0.25) is 6.79 Å². The van der Waals surface area contributed by atoms with Gasteiger partial charge in [0.25, 0.3) is 5.91 Å². The smallest absolute Gasteiger partial charge is 0.258 e. The molecule has 0 radical (unpaired) electrons. The lowest BCUT2D eigenvalue weighted by Gasteiger charge is -2.37. The highest BCUT2D eigenvalue weighted by Gasteiger charge is 2.34. The van der Waals surface area contributed by atoms with Gasteiger partial charge in [-0.05, 0) is 42.0 Å². The van der Waals surface area contributed by atoms with Crippen LogP contribution in [0.25, 0.3) is 5.69 Å². The summed E-state index contributed by atoms with van der Waals surface area (Å²) in [6.07, 6.45) is 3.40. The summed E-state index contributed by atoms with van der Waals surface area (Å²) >= 11 is 0. The van der Waals surface area contributed by atoms with Gasteiger partial charge in [-0.3, -0.25) is 4.79 Å². The molecule has 1 N–H and O–H groups in total. The van der Waals surface area contributed by atoms with E-state index in [0.717, 1.165) is 28.3 Å². The lowest BCUT2D eigenvalue weighted by atomic mass is 10.0. The van der Waals surface area contributed by atoms with Crippen LogP contribution in [0.3, 0.4) is 0 Å². The minimum absolute atomic E-state index is 0.0329. The fourth-order valence-electron chi connectivity index (χ4n) is 4.15. The third-order valence-corrected chi connectivity index (χ3v) is 5.75. The van der Waals surface area contributed by atoms with Crippen LogP contribution < -0.4 is 14.8 Å². The average Bonchev–Trinajstić information content (AvgIpc) is 3.51. The quantitative estimate of drug-likeness (QED) is 0.527. The zero-order valence-electron chi connectivity index (χ0n) is 17.1. The summed E-state index contributed by atoms with van der Waals surface area (Å²) in [6, 6.07) is 23.3. The van der Waals surface area contributed by atoms with Gasteiger partial charge >= 0.3 is 0 Å². The molecule has 1 aromatic heterocycles. The van der Waals surface area contributed by atoms with E-state index in [-0.39, 0.29) is 18.9 Å². The third-order valence-electron chi connectivity index (χ3n) is 5.75. The number of aromatic nitrogens is 2. The van der Waals surface area contributed by atoms with Gasteiger partial charge in [-0.25, -0.2) is 4.68 Å². The standard InChI is InChI=1S/C25H20N4O3/c30-25-20-8-4-5-9-21(20)27-24(18-13-26-29(15-18)19-6-2-1-3-7-19)28(25)14-17-10-11-22-23(12-17)32-16-31-22/h1-13,15,24,27H,14,16H2/t24-/m1/s1. The SMILES string of the molecule is O=C1c2ccccc2N[C@@H](c2cnn(-c3ccccc3)c2)N1Cc1ccc2c(c1)OCO2. The van der Waals surface area contributed by atoms with Crippen LogP contribution >= 0.6 is 0 Å². The van der Waals surface area contributed by atoms with Crippen LogP contribution in [-0.4, -0.2) is 27.4 Å². The second kappa shape index (κ2) is 7.46. The highest BCUT2D eigenvalue weighted by molar-refractivity contribution is 6.01. The largest absolute Gasteiger partial charge is 0.454 e. The van der Waals surface area contributed by atoms with Crippen LogP contribution in [0.1, 0.15) is 27.7 Å². The van der Waals surface area contributed by atoms with Crippen molar-refractivity contribution >= 4 is 11.6 Å². The summed E-state index contributed by atoms with van der Waals surface area (Å²) in [5.41, 5.74) is 4.29. The van der Waals surface area contributed by atoms with Crippen LogP contribution in [0.15, 0.2) is 85.2 Å². The lowest BCUT2D eigenvalue weighted by Crippen LogP contribution is -2.42. The van der Waals surface area contributed by atoms with Gasteiger partial charge in [0, 0.05) is 24.0 Å². The Bertz CT molecular complexity index is 1300. The van der Waals surface area contributed by atoms with Crippen molar-refractivity contribution in [2.75, 3.05) is 12.1 Å². The Hall–Kier alpha value is -4.26. The van der Waals surface area contributed by atoms with Crippen LogP contribution in [-0.2, 0) is 6.54 Å². The summed E-state index contributed by atoms with van der Waals surface area (Å²) in [4.78, 5) is 15.3. The van der Waals surface area contributed by atoms with Gasteiger partial charge in [0.15, 0.2) is 11.5 Å². The van der Waals surface area contributed by atoms with Crippen molar-refractivity contribution in [3.8, 4) is 17.2 Å². The monoisotopic (exact) mass is 424 g/mol. The number of benzene rings is 3. The Labute approximate surface area is 184 Å². The van der Waals surface area contributed by atoms with Crippen LogP contribution in [0.4, 0.5) is 5.69 Å². The number of ether oxygens (including phenoxy) is 2. The molecule has 0 spiro atoms. The number of amides is 1. The lowest BCUT2D eigenvalue weighted by molar-refractivity contribution is 0.0666. The number of nitrogens with one attached hydrogen (secondary N) is 1. The van der Waals surface area contributed by atoms with Crippen molar-refractivity contribution in [1.29, 1.82) is 0 Å². The van der Waals surface area contributed by atoms with E-state index < -0.39 is 0 Å². The van der Waals surface area contributed by atoms with E-state index in [0.29, 0.717) is 17.9 Å². The molecule has 0 saturated carbocycles. The Morgan fingerprint density at radius 2 is 1.78 bits per heavy atom. The molecular formula is C25H20N4O3. The number of fused-ring (bicyclic) bond motifs is 2. The van der Waals surface area contributed by atoms with E-state index in [4.69, 9.17) is 9.47 Å². The third kappa shape index (κ3) is 3.15. The van der Waals surface area contributed by atoms with Crippen LogP contribution in [0.5, 0.6) is 11.5 Å². The average molecular weight is 424 g/mol. The Morgan fingerprint density at radius 3 is 2.69 bits per heavy atom. The molecule has 0 fully saturated rings. The topological polar surface area (TPSA) is 68.6 Å². The van der Waals surface area contributed by atoms with E-state index in [1.807, 2.05) is 88.6 Å². The van der Waals surface area contributed by atoms with Crippen molar-refractivity contribution < 1.29 is 14.3 Å². The van der Waals surface area contributed by atoms with E-state index in [9.17, 15) is 4.79 Å².